The second-order valence-corrected chi connectivity index (χ2v) is 2.98. The highest BCUT2D eigenvalue weighted by atomic mass is 14.9. The molecule has 0 spiro atoms. The molecule has 1 saturated carbocycles. The summed E-state index contributed by atoms with van der Waals surface area (Å²) in [5, 5.41) is 3.34. The van der Waals surface area contributed by atoms with E-state index >= 15 is 0 Å². The van der Waals surface area contributed by atoms with Gasteiger partial charge < -0.3 is 5.32 Å². The molecule has 1 atom stereocenters. The first-order valence-corrected chi connectivity index (χ1v) is 4.06. The topological polar surface area (TPSA) is 12.0 Å². The van der Waals surface area contributed by atoms with Gasteiger partial charge in [-0.15, -0.1) is 6.42 Å². The van der Waals surface area contributed by atoms with Crippen LogP contribution in [0.3, 0.4) is 0 Å². The maximum absolute atomic E-state index is 5.28. The Labute approximate surface area is 63.2 Å². The molecule has 1 fully saturated rings. The smallest absolute Gasteiger partial charge is 0.0684 e. The predicted octanol–water partition coefficient (Wildman–Crippen LogP) is 1.40. The second-order valence-electron chi connectivity index (χ2n) is 2.98. The lowest BCUT2D eigenvalue weighted by Gasteiger charge is -2.08. The lowest BCUT2D eigenvalue weighted by molar-refractivity contribution is 0.565. The molecular weight excluding hydrogens is 122 g/mol. The van der Waals surface area contributed by atoms with Crippen LogP contribution < -0.4 is 5.32 Å². The first kappa shape index (κ1) is 7.63. The van der Waals surface area contributed by atoms with E-state index in [2.05, 4.69) is 18.2 Å². The van der Waals surface area contributed by atoms with Crippen molar-refractivity contribution in [2.75, 3.05) is 6.54 Å². The molecular formula is C9H15N. The zero-order valence-corrected chi connectivity index (χ0v) is 6.56. The Morgan fingerprint density at radius 3 is 2.80 bits per heavy atom. The predicted molar refractivity (Wildman–Crippen MR) is 43.6 cm³/mol. The summed E-state index contributed by atoms with van der Waals surface area (Å²) in [5.41, 5.74) is 0. The maximum atomic E-state index is 5.28. The fourth-order valence-corrected chi connectivity index (χ4v) is 0.952. The van der Waals surface area contributed by atoms with Crippen molar-refractivity contribution in [3.8, 4) is 12.3 Å². The summed E-state index contributed by atoms with van der Waals surface area (Å²) >= 11 is 0. The Bertz CT molecular complexity index is 130. The van der Waals surface area contributed by atoms with Crippen LogP contribution in [-0.2, 0) is 0 Å². The average molecular weight is 137 g/mol. The van der Waals surface area contributed by atoms with Gasteiger partial charge in [-0.1, -0.05) is 12.8 Å². The number of rotatable bonds is 4. The van der Waals surface area contributed by atoms with Crippen molar-refractivity contribution in [3.63, 3.8) is 0 Å². The molecule has 56 valence electrons. The third-order valence-electron chi connectivity index (χ3n) is 1.96. The number of terminal acetylenes is 1. The maximum Gasteiger partial charge on any atom is 0.0684 e. The molecule has 0 aromatic heterocycles. The second kappa shape index (κ2) is 3.63. The van der Waals surface area contributed by atoms with Gasteiger partial charge in [-0.3, -0.25) is 0 Å². The van der Waals surface area contributed by atoms with Gasteiger partial charge in [-0.2, -0.15) is 0 Å². The Balaban J connectivity index is 2.04. The minimum atomic E-state index is 0.306. The van der Waals surface area contributed by atoms with Crippen LogP contribution >= 0.6 is 0 Å². The van der Waals surface area contributed by atoms with Gasteiger partial charge in [0.1, 0.15) is 0 Å². The fraction of sp³-hybridized carbons (Fsp3) is 0.778. The third kappa shape index (κ3) is 2.41. The monoisotopic (exact) mass is 137 g/mol. The summed E-state index contributed by atoms with van der Waals surface area (Å²) in [6.45, 7) is 3.24. The Kier molecular flexibility index (Phi) is 2.77. The average Bonchev–Trinajstić information content (AvgIpc) is 2.74. The molecule has 0 heterocycles. The summed E-state index contributed by atoms with van der Waals surface area (Å²) in [7, 11) is 0. The van der Waals surface area contributed by atoms with E-state index in [1.807, 2.05) is 0 Å². The van der Waals surface area contributed by atoms with Crippen LogP contribution in [0.5, 0.6) is 0 Å². The molecule has 0 aliphatic heterocycles. The van der Waals surface area contributed by atoms with Crippen LogP contribution in [0, 0.1) is 18.3 Å². The van der Waals surface area contributed by atoms with Crippen molar-refractivity contribution in [1.82, 2.24) is 5.32 Å². The van der Waals surface area contributed by atoms with E-state index < -0.39 is 0 Å². The Hall–Kier alpha value is -0.480. The summed E-state index contributed by atoms with van der Waals surface area (Å²) in [6, 6.07) is 0.306. The van der Waals surface area contributed by atoms with Gasteiger partial charge in [0.25, 0.3) is 0 Å². The molecule has 1 aliphatic carbocycles. The zero-order chi connectivity index (χ0) is 7.40. The van der Waals surface area contributed by atoms with Crippen LogP contribution in [-0.4, -0.2) is 12.6 Å². The molecule has 0 radical (unpaired) electrons. The van der Waals surface area contributed by atoms with Crippen molar-refractivity contribution in [3.05, 3.63) is 0 Å². The molecule has 0 bridgehead atoms. The van der Waals surface area contributed by atoms with Crippen LogP contribution in [0.25, 0.3) is 0 Å². The van der Waals surface area contributed by atoms with Crippen molar-refractivity contribution >= 4 is 0 Å². The molecule has 0 saturated heterocycles. The molecule has 1 nitrogen and oxygen atoms in total. The van der Waals surface area contributed by atoms with Gasteiger partial charge in [0.15, 0.2) is 0 Å². The van der Waals surface area contributed by atoms with E-state index in [0.717, 1.165) is 18.9 Å². The summed E-state index contributed by atoms with van der Waals surface area (Å²) in [6.07, 6.45) is 9.12. The number of hydrogen-bond acceptors (Lipinski definition) is 1. The standard InChI is InChI=1S/C9H15N/c1-3-9(4-2)10-7-8-5-6-8/h1,8-10H,4-7H2,2H3. The molecule has 1 aliphatic rings. The van der Waals surface area contributed by atoms with Gasteiger partial charge in [-0.05, 0) is 31.7 Å². The van der Waals surface area contributed by atoms with Crippen molar-refractivity contribution in [2.45, 2.75) is 32.2 Å². The lowest BCUT2D eigenvalue weighted by atomic mass is 10.2. The van der Waals surface area contributed by atoms with Gasteiger partial charge in [0, 0.05) is 0 Å². The lowest BCUT2D eigenvalue weighted by Crippen LogP contribution is -2.28. The SMILES string of the molecule is C#CC(CC)NCC1CC1. The van der Waals surface area contributed by atoms with Crippen LogP contribution in [0.4, 0.5) is 0 Å². The van der Waals surface area contributed by atoms with Crippen LogP contribution in [0.1, 0.15) is 26.2 Å². The minimum absolute atomic E-state index is 0.306. The van der Waals surface area contributed by atoms with E-state index in [1.54, 1.807) is 0 Å². The van der Waals surface area contributed by atoms with E-state index in [-0.39, 0.29) is 0 Å². The molecule has 0 aromatic rings. The fourth-order valence-electron chi connectivity index (χ4n) is 0.952. The van der Waals surface area contributed by atoms with E-state index in [4.69, 9.17) is 6.42 Å². The number of hydrogen-bond donors (Lipinski definition) is 1. The molecule has 1 rings (SSSR count). The van der Waals surface area contributed by atoms with E-state index in [1.165, 1.54) is 12.8 Å². The Morgan fingerprint density at radius 1 is 1.70 bits per heavy atom. The Morgan fingerprint density at radius 2 is 2.40 bits per heavy atom. The van der Waals surface area contributed by atoms with Gasteiger partial charge >= 0.3 is 0 Å². The van der Waals surface area contributed by atoms with Gasteiger partial charge in [0.05, 0.1) is 6.04 Å². The molecule has 1 N–H and O–H groups in total. The normalized spacial score (nSPS) is 20.0. The summed E-state index contributed by atoms with van der Waals surface area (Å²) in [5.74, 6) is 3.66. The molecule has 1 unspecified atom stereocenters. The van der Waals surface area contributed by atoms with Crippen LogP contribution in [0.15, 0.2) is 0 Å². The van der Waals surface area contributed by atoms with Crippen molar-refractivity contribution in [1.29, 1.82) is 0 Å². The highest BCUT2D eigenvalue weighted by molar-refractivity contribution is 4.98. The highest BCUT2D eigenvalue weighted by Gasteiger charge is 2.21. The third-order valence-corrected chi connectivity index (χ3v) is 1.96. The van der Waals surface area contributed by atoms with E-state index in [0.29, 0.717) is 6.04 Å². The molecule has 10 heavy (non-hydrogen) atoms. The minimum Gasteiger partial charge on any atom is -0.303 e. The van der Waals surface area contributed by atoms with Gasteiger partial charge in [0.2, 0.25) is 0 Å². The molecule has 1 heteroatoms. The molecule has 0 amide bonds. The first-order valence-electron chi connectivity index (χ1n) is 4.06. The van der Waals surface area contributed by atoms with Gasteiger partial charge in [-0.25, -0.2) is 0 Å². The molecule has 0 aromatic carbocycles. The van der Waals surface area contributed by atoms with E-state index in [9.17, 15) is 0 Å². The number of nitrogens with one attached hydrogen (secondary N) is 1. The van der Waals surface area contributed by atoms with Crippen LogP contribution in [0.2, 0.25) is 0 Å². The summed E-state index contributed by atoms with van der Waals surface area (Å²) < 4.78 is 0. The first-order chi connectivity index (χ1) is 4.86. The largest absolute Gasteiger partial charge is 0.303 e. The summed E-state index contributed by atoms with van der Waals surface area (Å²) in [4.78, 5) is 0. The zero-order valence-electron chi connectivity index (χ0n) is 6.56. The van der Waals surface area contributed by atoms with Crippen molar-refractivity contribution < 1.29 is 0 Å². The quantitative estimate of drug-likeness (QED) is 0.577. The highest BCUT2D eigenvalue weighted by Crippen LogP contribution is 2.27. The van der Waals surface area contributed by atoms with Crippen molar-refractivity contribution in [2.24, 2.45) is 5.92 Å².